The van der Waals surface area contributed by atoms with Crippen molar-refractivity contribution in [3.05, 3.63) is 36.5 Å². The number of fused-ring (bicyclic) bond motifs is 4. The van der Waals surface area contributed by atoms with Gasteiger partial charge >= 0.3 is 5.97 Å². The summed E-state index contributed by atoms with van der Waals surface area (Å²) in [6.45, 7) is 8.25. The summed E-state index contributed by atoms with van der Waals surface area (Å²) in [6, 6.07) is 0. The predicted octanol–water partition coefficient (Wildman–Crippen LogP) is 5.28. The van der Waals surface area contributed by atoms with Gasteiger partial charge in [-0.2, -0.15) is 0 Å². The molecule has 3 heterocycles. The highest BCUT2D eigenvalue weighted by Gasteiger charge is 2.32. The molecule has 4 heteroatoms. The van der Waals surface area contributed by atoms with Gasteiger partial charge in [0.25, 0.3) is 0 Å². The van der Waals surface area contributed by atoms with Crippen LogP contribution in [0.2, 0.25) is 0 Å². The number of esters is 1. The SMILES string of the molecule is C=C1CC2CC(=O)OC(/C=C/C)C(C)/C=C/CCC3CCCC(CC(C1)O2)O3. The first-order chi connectivity index (χ1) is 13.5. The van der Waals surface area contributed by atoms with Crippen LogP contribution in [0.3, 0.4) is 0 Å². The third-order valence-electron chi connectivity index (χ3n) is 6.04. The van der Waals surface area contributed by atoms with Gasteiger partial charge < -0.3 is 14.2 Å². The lowest BCUT2D eigenvalue weighted by Crippen LogP contribution is -2.37. The molecule has 0 amide bonds. The molecule has 6 unspecified atom stereocenters. The Bertz CT molecular complexity index is 593. The third-order valence-corrected chi connectivity index (χ3v) is 6.04. The number of allylic oxidation sites excluding steroid dienone is 2. The van der Waals surface area contributed by atoms with Gasteiger partial charge in [-0.05, 0) is 57.9 Å². The Morgan fingerprint density at radius 3 is 2.61 bits per heavy atom. The topological polar surface area (TPSA) is 44.8 Å². The number of cyclic esters (lactones) is 1. The van der Waals surface area contributed by atoms with Crippen LogP contribution in [0, 0.1) is 5.92 Å². The summed E-state index contributed by atoms with van der Waals surface area (Å²) < 4.78 is 18.4. The molecule has 2 saturated heterocycles. The third kappa shape index (κ3) is 6.31. The van der Waals surface area contributed by atoms with Crippen molar-refractivity contribution in [1.82, 2.24) is 0 Å². The normalized spacial score (nSPS) is 39.5. The second-order valence-electron chi connectivity index (χ2n) is 8.63. The molecule has 0 N–H and O–H groups in total. The molecule has 3 rings (SSSR count). The van der Waals surface area contributed by atoms with Crippen molar-refractivity contribution < 1.29 is 19.0 Å². The highest BCUT2D eigenvalue weighted by atomic mass is 16.5. The lowest BCUT2D eigenvalue weighted by Gasteiger charge is -2.36. The van der Waals surface area contributed by atoms with Gasteiger partial charge in [0.05, 0.1) is 30.8 Å². The van der Waals surface area contributed by atoms with Gasteiger partial charge in [0.2, 0.25) is 0 Å². The summed E-state index contributed by atoms with van der Waals surface area (Å²) in [5, 5.41) is 0. The van der Waals surface area contributed by atoms with Gasteiger partial charge in [-0.3, -0.25) is 4.79 Å². The molecule has 6 atom stereocenters. The van der Waals surface area contributed by atoms with E-state index in [-0.39, 0.29) is 42.7 Å². The van der Waals surface area contributed by atoms with Gasteiger partial charge in [0.1, 0.15) is 6.10 Å². The van der Waals surface area contributed by atoms with E-state index in [1.165, 1.54) is 12.0 Å². The molecule has 4 bridgehead atoms. The molecular formula is C24H36O4. The Balaban J connectivity index is 1.74. The quantitative estimate of drug-likeness (QED) is 0.453. The molecule has 0 saturated carbocycles. The zero-order valence-electron chi connectivity index (χ0n) is 17.5. The standard InChI is InChI=1S/C24H36O4/c1-4-8-23-18(3)9-5-6-10-19-11-7-12-20(26-19)15-21-13-17(2)14-22(27-21)16-24(25)28-23/h4-5,8-9,18-23H,2,6-7,10-16H2,1,3H3/b8-4+,9-5+. The average molecular weight is 389 g/mol. The maximum absolute atomic E-state index is 12.6. The highest BCUT2D eigenvalue weighted by molar-refractivity contribution is 5.70. The van der Waals surface area contributed by atoms with Gasteiger partial charge in [-0.25, -0.2) is 0 Å². The van der Waals surface area contributed by atoms with Gasteiger partial charge in [-0.1, -0.05) is 37.3 Å². The van der Waals surface area contributed by atoms with E-state index in [4.69, 9.17) is 14.2 Å². The number of hydrogen-bond donors (Lipinski definition) is 0. The fourth-order valence-electron chi connectivity index (χ4n) is 4.62. The van der Waals surface area contributed by atoms with E-state index >= 15 is 0 Å². The van der Waals surface area contributed by atoms with Crippen molar-refractivity contribution in [1.29, 1.82) is 0 Å². The van der Waals surface area contributed by atoms with Crippen LogP contribution in [-0.4, -0.2) is 36.5 Å². The number of carbonyl (C=O) groups is 1. The summed E-state index contributed by atoms with van der Waals surface area (Å²) in [5.74, 6) is -0.0501. The lowest BCUT2D eigenvalue weighted by atomic mass is 9.91. The Morgan fingerprint density at radius 2 is 1.79 bits per heavy atom. The Morgan fingerprint density at radius 1 is 1.04 bits per heavy atom. The van der Waals surface area contributed by atoms with Crippen LogP contribution in [0.25, 0.3) is 0 Å². The van der Waals surface area contributed by atoms with Crippen molar-refractivity contribution in [2.24, 2.45) is 5.92 Å². The Hall–Kier alpha value is -1.39. The van der Waals surface area contributed by atoms with Crippen molar-refractivity contribution >= 4 is 5.97 Å². The monoisotopic (exact) mass is 388 g/mol. The number of hydrogen-bond acceptors (Lipinski definition) is 4. The van der Waals surface area contributed by atoms with Crippen LogP contribution in [-0.2, 0) is 19.0 Å². The molecule has 3 aliphatic rings. The first kappa shape index (κ1) is 21.3. The van der Waals surface area contributed by atoms with Gasteiger partial charge in [-0.15, -0.1) is 0 Å². The minimum atomic E-state index is -0.237. The number of ether oxygens (including phenoxy) is 3. The lowest BCUT2D eigenvalue weighted by molar-refractivity contribution is -0.154. The summed E-state index contributed by atoms with van der Waals surface area (Å²) >= 11 is 0. The van der Waals surface area contributed by atoms with E-state index in [1.54, 1.807) is 0 Å². The van der Waals surface area contributed by atoms with Crippen LogP contribution >= 0.6 is 0 Å². The smallest absolute Gasteiger partial charge is 0.309 e. The largest absolute Gasteiger partial charge is 0.457 e. The number of rotatable bonds is 1. The highest BCUT2D eigenvalue weighted by Crippen LogP contribution is 2.32. The minimum absolute atomic E-state index is 0.0980. The molecule has 156 valence electrons. The Kier molecular flexibility index (Phi) is 7.92. The fourth-order valence-corrected chi connectivity index (χ4v) is 4.62. The van der Waals surface area contributed by atoms with Gasteiger partial charge in [0, 0.05) is 12.3 Å². The molecule has 0 aromatic carbocycles. The Labute approximate surface area is 170 Å². The molecule has 0 aliphatic carbocycles. The van der Waals surface area contributed by atoms with Crippen molar-refractivity contribution in [3.8, 4) is 0 Å². The summed E-state index contributed by atoms with van der Waals surface area (Å²) in [7, 11) is 0. The molecule has 2 fully saturated rings. The van der Waals surface area contributed by atoms with Crippen LogP contribution in [0.4, 0.5) is 0 Å². The molecule has 0 aromatic rings. The second kappa shape index (κ2) is 10.4. The molecule has 0 spiro atoms. The van der Waals surface area contributed by atoms with E-state index in [2.05, 4.69) is 25.7 Å². The van der Waals surface area contributed by atoms with Gasteiger partial charge in [0.15, 0.2) is 0 Å². The minimum Gasteiger partial charge on any atom is -0.457 e. The van der Waals surface area contributed by atoms with E-state index in [1.807, 2.05) is 19.1 Å². The zero-order valence-corrected chi connectivity index (χ0v) is 17.5. The molecule has 0 aromatic heterocycles. The molecule has 3 aliphatic heterocycles. The maximum Gasteiger partial charge on any atom is 0.309 e. The first-order valence-corrected chi connectivity index (χ1v) is 11.0. The van der Waals surface area contributed by atoms with Crippen LogP contribution in [0.5, 0.6) is 0 Å². The average Bonchev–Trinajstić information content (AvgIpc) is 2.64. The van der Waals surface area contributed by atoms with Crippen LogP contribution in [0.15, 0.2) is 36.5 Å². The van der Waals surface area contributed by atoms with E-state index in [9.17, 15) is 4.79 Å². The van der Waals surface area contributed by atoms with E-state index in [0.717, 1.165) is 44.9 Å². The summed E-state index contributed by atoms with van der Waals surface area (Å²) in [5.41, 5.74) is 1.17. The summed E-state index contributed by atoms with van der Waals surface area (Å²) in [4.78, 5) is 12.6. The molecule has 4 nitrogen and oxygen atoms in total. The first-order valence-electron chi connectivity index (χ1n) is 11.0. The fraction of sp³-hybridized carbons (Fsp3) is 0.708. The molecule has 28 heavy (non-hydrogen) atoms. The zero-order chi connectivity index (χ0) is 19.9. The molecular weight excluding hydrogens is 352 g/mol. The predicted molar refractivity (Wildman–Crippen MR) is 111 cm³/mol. The van der Waals surface area contributed by atoms with Crippen molar-refractivity contribution in [3.63, 3.8) is 0 Å². The summed E-state index contributed by atoms with van der Waals surface area (Å²) in [6.07, 6.45) is 17.0. The number of carbonyl (C=O) groups excluding carboxylic acids is 1. The van der Waals surface area contributed by atoms with Crippen molar-refractivity contribution in [2.75, 3.05) is 0 Å². The van der Waals surface area contributed by atoms with E-state index in [0.29, 0.717) is 6.10 Å². The van der Waals surface area contributed by atoms with Crippen LogP contribution < -0.4 is 0 Å². The van der Waals surface area contributed by atoms with E-state index < -0.39 is 0 Å². The van der Waals surface area contributed by atoms with Crippen LogP contribution in [0.1, 0.15) is 71.6 Å². The molecule has 0 radical (unpaired) electrons. The van der Waals surface area contributed by atoms with Crippen molar-refractivity contribution in [2.45, 2.75) is 102 Å². The maximum atomic E-state index is 12.6. The second-order valence-corrected chi connectivity index (χ2v) is 8.63.